The van der Waals surface area contributed by atoms with Crippen LogP contribution in [0.25, 0.3) is 0 Å². The molecule has 1 unspecified atom stereocenters. The Morgan fingerprint density at radius 2 is 1.77 bits per heavy atom. The van der Waals surface area contributed by atoms with E-state index >= 15 is 0 Å². The van der Waals surface area contributed by atoms with Crippen molar-refractivity contribution >= 4 is 5.91 Å². The van der Waals surface area contributed by atoms with Crippen LogP contribution in [0.4, 0.5) is 0 Å². The maximum absolute atomic E-state index is 11.5. The van der Waals surface area contributed by atoms with Gasteiger partial charge in [-0.15, -0.1) is 0 Å². The zero-order chi connectivity index (χ0) is 10.6. The molecule has 1 rings (SSSR count). The van der Waals surface area contributed by atoms with Crippen LogP contribution in [-0.2, 0) is 4.79 Å². The summed E-state index contributed by atoms with van der Waals surface area (Å²) in [5.41, 5.74) is 0.141. The van der Waals surface area contributed by atoms with Crippen LogP contribution in [0.15, 0.2) is 0 Å². The van der Waals surface area contributed by atoms with Gasteiger partial charge in [0.2, 0.25) is 5.91 Å². The Labute approximate surface area is 82.3 Å². The molecule has 0 bridgehead atoms. The highest BCUT2D eigenvalue weighted by molar-refractivity contribution is 5.81. The molecule has 2 nitrogen and oxygen atoms in total. The Morgan fingerprint density at radius 1 is 1.31 bits per heavy atom. The second kappa shape index (κ2) is 4.64. The minimum atomic E-state index is 0.141. The number of hydrogen-bond donors (Lipinski definition) is 0. The number of amides is 1. The Kier molecular flexibility index (Phi) is 4.45. The van der Waals surface area contributed by atoms with Crippen molar-refractivity contribution in [3.8, 4) is 0 Å². The molecule has 0 saturated carbocycles. The first kappa shape index (κ1) is 12.5. The van der Waals surface area contributed by atoms with E-state index in [9.17, 15) is 4.79 Å². The molecule has 2 heteroatoms. The van der Waals surface area contributed by atoms with Gasteiger partial charge in [0.25, 0.3) is 0 Å². The van der Waals surface area contributed by atoms with Crippen molar-refractivity contribution in [2.24, 2.45) is 11.3 Å². The summed E-state index contributed by atoms with van der Waals surface area (Å²) >= 11 is 0. The molecule has 78 valence electrons. The van der Waals surface area contributed by atoms with Crippen LogP contribution in [0.2, 0.25) is 0 Å². The molecule has 0 spiro atoms. The van der Waals surface area contributed by atoms with Crippen molar-refractivity contribution < 1.29 is 4.79 Å². The van der Waals surface area contributed by atoms with Crippen molar-refractivity contribution in [3.63, 3.8) is 0 Å². The number of likely N-dealkylation sites (tertiary alicyclic amines) is 1. The van der Waals surface area contributed by atoms with Crippen LogP contribution in [0.3, 0.4) is 0 Å². The largest absolute Gasteiger partial charge is 0.345 e. The first-order valence-electron chi connectivity index (χ1n) is 5.18. The van der Waals surface area contributed by atoms with E-state index in [0.717, 1.165) is 13.0 Å². The van der Waals surface area contributed by atoms with Gasteiger partial charge in [-0.2, -0.15) is 0 Å². The van der Waals surface area contributed by atoms with Crippen molar-refractivity contribution in [1.29, 1.82) is 0 Å². The van der Waals surface area contributed by atoms with E-state index in [4.69, 9.17) is 0 Å². The maximum atomic E-state index is 11.5. The molecule has 0 aromatic rings. The molecule has 0 aromatic carbocycles. The molecule has 1 fully saturated rings. The Balaban J connectivity index is 0.000000671. The summed E-state index contributed by atoms with van der Waals surface area (Å²) < 4.78 is 0. The third-order valence-electron chi connectivity index (χ3n) is 2.47. The number of rotatable bonds is 0. The minimum Gasteiger partial charge on any atom is -0.345 e. The standard InChI is InChI=1S/C9H17NO.C2H6/c1-9(2,3)7-5-6-10(4)8(7)11;1-2/h7H,5-6H2,1-4H3;1-2H3. The van der Waals surface area contributed by atoms with Gasteiger partial charge in [-0.05, 0) is 11.8 Å². The van der Waals surface area contributed by atoms with Gasteiger partial charge in [0.1, 0.15) is 0 Å². The number of carbonyl (C=O) groups excluding carboxylic acids is 1. The van der Waals surface area contributed by atoms with E-state index in [1.54, 1.807) is 0 Å². The fraction of sp³-hybridized carbons (Fsp3) is 0.909. The molecule has 1 atom stereocenters. The molecule has 0 radical (unpaired) electrons. The van der Waals surface area contributed by atoms with E-state index in [0.29, 0.717) is 5.91 Å². The Hall–Kier alpha value is -0.530. The topological polar surface area (TPSA) is 20.3 Å². The fourth-order valence-electron chi connectivity index (χ4n) is 1.63. The van der Waals surface area contributed by atoms with Crippen LogP contribution in [0.1, 0.15) is 41.0 Å². The molecule has 1 aliphatic rings. The van der Waals surface area contributed by atoms with Crippen LogP contribution >= 0.6 is 0 Å². The van der Waals surface area contributed by atoms with Gasteiger partial charge in [0.05, 0.1) is 0 Å². The summed E-state index contributed by atoms with van der Waals surface area (Å²) in [5, 5.41) is 0. The van der Waals surface area contributed by atoms with Crippen molar-refractivity contribution in [2.75, 3.05) is 13.6 Å². The summed E-state index contributed by atoms with van der Waals surface area (Å²) in [4.78, 5) is 13.3. The van der Waals surface area contributed by atoms with E-state index in [2.05, 4.69) is 20.8 Å². The van der Waals surface area contributed by atoms with E-state index in [1.807, 2.05) is 25.8 Å². The summed E-state index contributed by atoms with van der Waals surface area (Å²) in [5.74, 6) is 0.560. The molecule has 1 amide bonds. The maximum Gasteiger partial charge on any atom is 0.226 e. The normalized spacial score (nSPS) is 22.8. The average Bonchev–Trinajstić information content (AvgIpc) is 2.36. The SMILES string of the molecule is CC.CN1CCC(C(C)(C)C)C1=O. The number of nitrogens with zero attached hydrogens (tertiary/aromatic N) is 1. The van der Waals surface area contributed by atoms with Crippen LogP contribution < -0.4 is 0 Å². The summed E-state index contributed by atoms with van der Waals surface area (Å²) in [6.45, 7) is 11.3. The highest BCUT2D eigenvalue weighted by Crippen LogP contribution is 2.33. The van der Waals surface area contributed by atoms with E-state index in [-0.39, 0.29) is 11.3 Å². The lowest BCUT2D eigenvalue weighted by molar-refractivity contribution is -0.132. The highest BCUT2D eigenvalue weighted by atomic mass is 16.2. The number of carbonyl (C=O) groups is 1. The first-order chi connectivity index (χ1) is 5.93. The van der Waals surface area contributed by atoms with Gasteiger partial charge in [0.15, 0.2) is 0 Å². The number of hydrogen-bond acceptors (Lipinski definition) is 1. The summed E-state index contributed by atoms with van der Waals surface area (Å²) in [6, 6.07) is 0. The molecule has 1 saturated heterocycles. The van der Waals surface area contributed by atoms with Crippen molar-refractivity contribution in [2.45, 2.75) is 41.0 Å². The molecule has 1 aliphatic heterocycles. The highest BCUT2D eigenvalue weighted by Gasteiger charge is 2.37. The lowest BCUT2D eigenvalue weighted by Crippen LogP contribution is -2.30. The predicted molar refractivity (Wildman–Crippen MR) is 56.5 cm³/mol. The fourth-order valence-corrected chi connectivity index (χ4v) is 1.63. The van der Waals surface area contributed by atoms with Gasteiger partial charge < -0.3 is 4.90 Å². The van der Waals surface area contributed by atoms with E-state index < -0.39 is 0 Å². The zero-order valence-corrected chi connectivity index (χ0v) is 9.85. The quantitative estimate of drug-likeness (QED) is 0.568. The van der Waals surface area contributed by atoms with Gasteiger partial charge >= 0.3 is 0 Å². The lowest BCUT2D eigenvalue weighted by Gasteiger charge is -2.24. The molecule has 13 heavy (non-hydrogen) atoms. The van der Waals surface area contributed by atoms with Crippen molar-refractivity contribution in [1.82, 2.24) is 4.90 Å². The van der Waals surface area contributed by atoms with E-state index in [1.165, 1.54) is 0 Å². The molecular weight excluding hydrogens is 162 g/mol. The zero-order valence-electron chi connectivity index (χ0n) is 9.85. The molecule has 1 heterocycles. The lowest BCUT2D eigenvalue weighted by atomic mass is 9.80. The second-order valence-corrected chi connectivity index (χ2v) is 4.47. The minimum absolute atomic E-state index is 0.141. The Morgan fingerprint density at radius 3 is 1.92 bits per heavy atom. The van der Waals surface area contributed by atoms with Crippen molar-refractivity contribution in [3.05, 3.63) is 0 Å². The van der Waals surface area contributed by atoms with Crippen LogP contribution in [0, 0.1) is 11.3 Å². The monoisotopic (exact) mass is 185 g/mol. The van der Waals surface area contributed by atoms with Crippen LogP contribution in [0.5, 0.6) is 0 Å². The van der Waals surface area contributed by atoms with Gasteiger partial charge in [-0.25, -0.2) is 0 Å². The molecule has 0 aliphatic carbocycles. The first-order valence-corrected chi connectivity index (χ1v) is 5.18. The van der Waals surface area contributed by atoms with Gasteiger partial charge in [0, 0.05) is 19.5 Å². The third kappa shape index (κ3) is 3.02. The molecule has 0 aromatic heterocycles. The van der Waals surface area contributed by atoms with Gasteiger partial charge in [-0.1, -0.05) is 34.6 Å². The molecular formula is C11H23NO. The summed E-state index contributed by atoms with van der Waals surface area (Å²) in [6.07, 6.45) is 1.03. The second-order valence-electron chi connectivity index (χ2n) is 4.47. The smallest absolute Gasteiger partial charge is 0.226 e. The summed E-state index contributed by atoms with van der Waals surface area (Å²) in [7, 11) is 1.88. The van der Waals surface area contributed by atoms with Gasteiger partial charge in [-0.3, -0.25) is 4.79 Å². The predicted octanol–water partition coefficient (Wildman–Crippen LogP) is 2.54. The molecule has 0 N–H and O–H groups in total. The third-order valence-corrected chi connectivity index (χ3v) is 2.47. The van der Waals surface area contributed by atoms with Crippen LogP contribution in [-0.4, -0.2) is 24.4 Å². The Bertz CT molecular complexity index is 169. The average molecular weight is 185 g/mol.